The van der Waals surface area contributed by atoms with Crippen molar-refractivity contribution >= 4 is 80.6 Å². The number of halogens is 3. The van der Waals surface area contributed by atoms with Gasteiger partial charge >= 0.3 is 0 Å². The number of methoxy groups -OCH3 is 3. The average Bonchev–Trinajstić information content (AvgIpc) is 3.48. The number of hydrogen-bond donors (Lipinski definition) is 1. The second kappa shape index (κ2) is 13.0. The van der Waals surface area contributed by atoms with Crippen LogP contribution in [-0.4, -0.2) is 70.2 Å². The van der Waals surface area contributed by atoms with Crippen LogP contribution in [0.15, 0.2) is 72.3 Å². The topological polar surface area (TPSA) is 123 Å². The Bertz CT molecular complexity index is 2040. The molecule has 0 unspecified atom stereocenters. The van der Waals surface area contributed by atoms with E-state index in [0.29, 0.717) is 22.8 Å². The van der Waals surface area contributed by atoms with Crippen molar-refractivity contribution in [3.8, 4) is 23.0 Å². The zero-order valence-electron chi connectivity index (χ0n) is 27.8. The number of nitrogens with zero attached hydrogens (tertiary/aromatic N) is 2. The summed E-state index contributed by atoms with van der Waals surface area (Å²) in [5, 5.41) is 11.4. The number of phenols is 1. The second-order valence-electron chi connectivity index (χ2n) is 12.9. The van der Waals surface area contributed by atoms with Crippen LogP contribution >= 0.6 is 39.1 Å². The minimum Gasteiger partial charge on any atom is -0.504 e. The van der Waals surface area contributed by atoms with Gasteiger partial charge in [0.25, 0.3) is 11.8 Å². The summed E-state index contributed by atoms with van der Waals surface area (Å²) < 4.78 is 16.2. The summed E-state index contributed by atoms with van der Waals surface area (Å²) in [6, 6.07) is 17.3. The number of carbonyl (C=O) groups excluding carboxylic acids is 4. The van der Waals surface area contributed by atoms with E-state index >= 15 is 0 Å². The summed E-state index contributed by atoms with van der Waals surface area (Å²) in [7, 11) is 4.57. The third-order valence-corrected chi connectivity index (χ3v) is 12.5. The zero-order chi connectivity index (χ0) is 36.4. The van der Waals surface area contributed by atoms with Gasteiger partial charge in [-0.25, -0.2) is 0 Å². The standard InChI is InChI=1S/C38H33BrCl2N2O8/c1-49-23-13-16-28(50-2)21(17-23)10-7-20-8-11-22(12-9-20)43-33(45)25-15-14-24-27(30(25)34(43)46)18-37(40)35(47)42(19-39)36(48)38(37,41)31(24)26-5-4-6-29(51-3)32(26)44/h4-14,16-17,25,27,30-31,44H,15,18-19H2,1-3H3/t25-,27+,30-,31+,37+,38-/m0/s1. The van der Waals surface area contributed by atoms with Gasteiger partial charge in [-0.3, -0.25) is 29.0 Å². The maximum absolute atomic E-state index is 14.4. The number of para-hydroxylation sites is 1. The number of rotatable bonds is 8. The van der Waals surface area contributed by atoms with Gasteiger partial charge in [-0.2, -0.15) is 0 Å². The normalized spacial score (nSPS) is 28.5. The highest BCUT2D eigenvalue weighted by Crippen LogP contribution is 2.66. The Hall–Kier alpha value is -4.32. The van der Waals surface area contributed by atoms with E-state index in [2.05, 4.69) is 15.9 Å². The van der Waals surface area contributed by atoms with Crippen molar-refractivity contribution in [2.45, 2.75) is 28.5 Å². The maximum Gasteiger partial charge on any atom is 0.254 e. The summed E-state index contributed by atoms with van der Waals surface area (Å²) in [6.07, 6.45) is 5.61. The fourth-order valence-electron chi connectivity index (χ4n) is 8.18. The van der Waals surface area contributed by atoms with E-state index < -0.39 is 51.1 Å². The minimum atomic E-state index is -2.04. The smallest absolute Gasteiger partial charge is 0.254 e. The Morgan fingerprint density at radius 2 is 1.61 bits per heavy atom. The molecule has 0 aromatic heterocycles. The Morgan fingerprint density at radius 3 is 2.27 bits per heavy atom. The molecule has 0 radical (unpaired) electrons. The van der Waals surface area contributed by atoms with Gasteiger partial charge in [0.2, 0.25) is 11.8 Å². The van der Waals surface area contributed by atoms with Crippen LogP contribution in [-0.2, 0) is 19.2 Å². The van der Waals surface area contributed by atoms with Crippen LogP contribution in [0.4, 0.5) is 5.69 Å². The van der Waals surface area contributed by atoms with Crippen molar-refractivity contribution in [3.63, 3.8) is 0 Å². The summed E-state index contributed by atoms with van der Waals surface area (Å²) >= 11 is 17.8. The number of carbonyl (C=O) groups is 4. The number of aromatic hydroxyl groups is 1. The van der Waals surface area contributed by atoms with Crippen molar-refractivity contribution < 1.29 is 38.5 Å². The molecule has 13 heteroatoms. The molecule has 6 atom stereocenters. The molecule has 4 aliphatic rings. The van der Waals surface area contributed by atoms with Crippen LogP contribution in [0.2, 0.25) is 0 Å². The van der Waals surface area contributed by atoms with Gasteiger partial charge in [-0.1, -0.05) is 64.0 Å². The molecule has 2 aliphatic heterocycles. The van der Waals surface area contributed by atoms with E-state index in [9.17, 15) is 24.3 Å². The molecule has 2 saturated heterocycles. The summed E-state index contributed by atoms with van der Waals surface area (Å²) in [4.78, 5) is 54.4. The van der Waals surface area contributed by atoms with Crippen molar-refractivity contribution in [2.24, 2.45) is 17.8 Å². The van der Waals surface area contributed by atoms with Crippen molar-refractivity contribution in [1.29, 1.82) is 0 Å². The SMILES string of the molecule is COc1ccc(OC)c(C=Cc2ccc(N3C(=O)[C@H]4[C@H](CC=C5[C@H]4C[C@@]4(Cl)C(=O)N(CBr)C(=O)[C@@]4(Cl)[C@H]5c4cccc(OC)c4O)C3=O)cc2)c1. The lowest BCUT2D eigenvalue weighted by Crippen LogP contribution is -2.60. The third-order valence-electron chi connectivity index (χ3n) is 10.6. The molecular weight excluding hydrogens is 763 g/mol. The Kier molecular flexibility index (Phi) is 8.96. The lowest BCUT2D eigenvalue weighted by atomic mass is 9.56. The molecule has 7 rings (SSSR count). The molecule has 4 amide bonds. The van der Waals surface area contributed by atoms with Crippen LogP contribution in [0.25, 0.3) is 12.2 Å². The van der Waals surface area contributed by atoms with Gasteiger partial charge in [0.1, 0.15) is 11.5 Å². The molecule has 10 nitrogen and oxygen atoms in total. The molecule has 51 heavy (non-hydrogen) atoms. The van der Waals surface area contributed by atoms with Crippen LogP contribution < -0.4 is 19.1 Å². The first-order chi connectivity index (χ1) is 24.4. The van der Waals surface area contributed by atoms with Gasteiger partial charge < -0.3 is 19.3 Å². The maximum atomic E-state index is 14.4. The van der Waals surface area contributed by atoms with E-state index in [4.69, 9.17) is 37.4 Å². The molecule has 0 bridgehead atoms. The van der Waals surface area contributed by atoms with Crippen molar-refractivity contribution in [3.05, 3.63) is 89.0 Å². The highest BCUT2D eigenvalue weighted by Gasteiger charge is 2.76. The fourth-order valence-corrected chi connectivity index (χ4v) is 9.60. The lowest BCUT2D eigenvalue weighted by molar-refractivity contribution is -0.138. The predicted octanol–water partition coefficient (Wildman–Crippen LogP) is 6.50. The molecule has 2 heterocycles. The number of ether oxygens (including phenoxy) is 3. The number of hydrogen-bond acceptors (Lipinski definition) is 8. The Balaban J connectivity index is 1.24. The van der Waals surface area contributed by atoms with Crippen LogP contribution in [0.3, 0.4) is 0 Å². The number of imide groups is 2. The summed E-state index contributed by atoms with van der Waals surface area (Å²) in [5.41, 5.74) is 2.68. The Morgan fingerprint density at radius 1 is 0.882 bits per heavy atom. The molecule has 3 fully saturated rings. The first kappa shape index (κ1) is 35.1. The van der Waals surface area contributed by atoms with Crippen LogP contribution in [0, 0.1) is 17.8 Å². The molecule has 0 spiro atoms. The summed E-state index contributed by atoms with van der Waals surface area (Å²) in [6.45, 7) is 0. The molecular formula is C38H33BrCl2N2O8. The van der Waals surface area contributed by atoms with Crippen molar-refractivity contribution in [1.82, 2.24) is 4.90 Å². The lowest BCUT2D eigenvalue weighted by Gasteiger charge is -2.50. The van der Waals surface area contributed by atoms with Gasteiger partial charge in [0.15, 0.2) is 21.2 Å². The quantitative estimate of drug-likeness (QED) is 0.0902. The largest absolute Gasteiger partial charge is 0.504 e. The van der Waals surface area contributed by atoms with E-state index in [-0.39, 0.29) is 41.3 Å². The van der Waals surface area contributed by atoms with Gasteiger partial charge in [0.05, 0.1) is 44.3 Å². The predicted molar refractivity (Wildman–Crippen MR) is 195 cm³/mol. The highest BCUT2D eigenvalue weighted by atomic mass is 79.9. The molecule has 3 aromatic rings. The second-order valence-corrected chi connectivity index (χ2v) is 14.7. The van der Waals surface area contributed by atoms with Crippen molar-refractivity contribution in [2.75, 3.05) is 31.7 Å². The molecule has 1 saturated carbocycles. The third kappa shape index (κ3) is 5.10. The number of anilines is 1. The Labute approximate surface area is 312 Å². The van der Waals surface area contributed by atoms with Crippen LogP contribution in [0.1, 0.15) is 35.4 Å². The summed E-state index contributed by atoms with van der Waals surface area (Å²) in [5.74, 6) is -4.47. The highest BCUT2D eigenvalue weighted by molar-refractivity contribution is 9.09. The number of likely N-dealkylation sites (tertiary alicyclic amines) is 1. The monoisotopic (exact) mass is 794 g/mol. The van der Waals surface area contributed by atoms with E-state index in [1.807, 2.05) is 36.4 Å². The molecule has 1 N–H and O–H groups in total. The molecule has 3 aromatic carbocycles. The van der Waals surface area contributed by atoms with Gasteiger partial charge in [-0.05, 0) is 60.7 Å². The number of fused-ring (bicyclic) bond motifs is 4. The average molecular weight is 796 g/mol. The van der Waals surface area contributed by atoms with Gasteiger partial charge in [0, 0.05) is 17.0 Å². The zero-order valence-corrected chi connectivity index (χ0v) is 30.9. The minimum absolute atomic E-state index is 0.137. The molecule has 264 valence electrons. The van der Waals surface area contributed by atoms with E-state index in [1.165, 1.54) is 12.0 Å². The number of amides is 4. The number of benzene rings is 3. The van der Waals surface area contributed by atoms with Gasteiger partial charge in [-0.15, -0.1) is 23.2 Å². The fraction of sp³-hybridized carbons (Fsp3) is 0.316. The van der Waals surface area contributed by atoms with Crippen LogP contribution in [0.5, 0.6) is 23.0 Å². The first-order valence-corrected chi connectivity index (χ1v) is 18.1. The first-order valence-electron chi connectivity index (χ1n) is 16.2. The van der Waals surface area contributed by atoms with E-state index in [0.717, 1.165) is 16.0 Å². The molecule has 2 aliphatic carbocycles. The van der Waals surface area contributed by atoms with E-state index in [1.54, 1.807) is 56.7 Å². The number of phenolic OH excluding ortho intramolecular Hbond substituents is 1. The number of alkyl halides is 3. The number of allylic oxidation sites excluding steroid dienone is 2.